The first kappa shape index (κ1) is 8.03. The number of hydrogen-bond acceptors (Lipinski definition) is 0. The molecule has 10 heavy (non-hydrogen) atoms. The van der Waals surface area contributed by atoms with E-state index >= 15 is 0 Å². The fourth-order valence-corrected chi connectivity index (χ4v) is 1.80. The van der Waals surface area contributed by atoms with Crippen LogP contribution in [-0.2, 0) is 0 Å². The second-order valence-corrected chi connectivity index (χ2v) is 4.02. The summed E-state index contributed by atoms with van der Waals surface area (Å²) >= 11 is 0. The van der Waals surface area contributed by atoms with E-state index in [-0.39, 0.29) is 5.41 Å². The molecule has 0 N–H and O–H groups in total. The maximum atomic E-state index is 13.2. The summed E-state index contributed by atoms with van der Waals surface area (Å²) in [7, 11) is 0. The van der Waals surface area contributed by atoms with Crippen LogP contribution < -0.4 is 0 Å². The Morgan fingerprint density at radius 2 is 2.10 bits per heavy atom. The van der Waals surface area contributed by atoms with Crippen LogP contribution >= 0.6 is 0 Å². The van der Waals surface area contributed by atoms with E-state index in [4.69, 9.17) is 0 Å². The highest BCUT2D eigenvalue weighted by atomic mass is 19.1. The van der Waals surface area contributed by atoms with Crippen LogP contribution in [0.1, 0.15) is 40.0 Å². The average Bonchev–Trinajstić information content (AvgIpc) is 2.15. The Balaban J connectivity index is 2.66. The van der Waals surface area contributed by atoms with Crippen molar-refractivity contribution in [2.45, 2.75) is 46.2 Å². The van der Waals surface area contributed by atoms with Gasteiger partial charge in [0.1, 0.15) is 6.17 Å². The van der Waals surface area contributed by atoms with Gasteiger partial charge >= 0.3 is 0 Å². The first-order valence-corrected chi connectivity index (χ1v) is 4.21. The molecule has 2 unspecified atom stereocenters. The zero-order chi connectivity index (χ0) is 7.78. The molecular formula is C9H17F. The van der Waals surface area contributed by atoms with Gasteiger partial charge in [0.25, 0.3) is 0 Å². The predicted octanol–water partition coefficient (Wildman–Crippen LogP) is 3.17. The molecule has 1 heteroatoms. The monoisotopic (exact) mass is 144 g/mol. The van der Waals surface area contributed by atoms with Gasteiger partial charge in [0.15, 0.2) is 0 Å². The highest BCUT2D eigenvalue weighted by molar-refractivity contribution is 4.90. The third-order valence-electron chi connectivity index (χ3n) is 3.21. The summed E-state index contributed by atoms with van der Waals surface area (Å²) in [4.78, 5) is 0. The molecule has 2 atom stereocenters. The fourth-order valence-electron chi connectivity index (χ4n) is 1.80. The molecule has 0 bridgehead atoms. The minimum absolute atomic E-state index is 0.0139. The lowest BCUT2D eigenvalue weighted by atomic mass is 9.77. The summed E-state index contributed by atoms with van der Waals surface area (Å²) in [6, 6.07) is 0. The van der Waals surface area contributed by atoms with Crippen LogP contribution in [0.3, 0.4) is 0 Å². The van der Waals surface area contributed by atoms with Crippen LogP contribution in [0.4, 0.5) is 4.39 Å². The zero-order valence-electron chi connectivity index (χ0n) is 7.15. The Labute approximate surface area is 62.8 Å². The minimum atomic E-state index is -0.549. The van der Waals surface area contributed by atoms with E-state index in [1.807, 2.05) is 0 Å². The lowest BCUT2D eigenvalue weighted by molar-refractivity contribution is 0.105. The number of alkyl halides is 1. The second kappa shape index (κ2) is 2.52. The van der Waals surface area contributed by atoms with Gasteiger partial charge in [-0.05, 0) is 25.2 Å². The van der Waals surface area contributed by atoms with E-state index in [1.165, 1.54) is 0 Å². The summed E-state index contributed by atoms with van der Waals surface area (Å²) in [5.74, 6) is 0.491. The van der Waals surface area contributed by atoms with Crippen LogP contribution in [0, 0.1) is 11.3 Å². The van der Waals surface area contributed by atoms with Crippen LogP contribution in [0.5, 0.6) is 0 Å². The molecule has 0 heterocycles. The Kier molecular flexibility index (Phi) is 2.02. The molecule has 1 aliphatic rings. The van der Waals surface area contributed by atoms with Gasteiger partial charge in [0.05, 0.1) is 0 Å². The van der Waals surface area contributed by atoms with Crippen LogP contribution in [-0.4, -0.2) is 6.17 Å². The molecule has 0 aromatic carbocycles. The van der Waals surface area contributed by atoms with E-state index in [0.717, 1.165) is 19.3 Å². The van der Waals surface area contributed by atoms with Crippen molar-refractivity contribution in [1.82, 2.24) is 0 Å². The van der Waals surface area contributed by atoms with Crippen molar-refractivity contribution in [2.24, 2.45) is 11.3 Å². The van der Waals surface area contributed by atoms with Crippen molar-refractivity contribution < 1.29 is 4.39 Å². The standard InChI is InChI=1S/C9H17F/c1-7(2)9(3)6-4-5-8(9)10/h7-8H,4-6H2,1-3H3. The normalized spacial score (nSPS) is 41.1. The lowest BCUT2D eigenvalue weighted by Crippen LogP contribution is -2.28. The van der Waals surface area contributed by atoms with E-state index in [2.05, 4.69) is 20.8 Å². The molecule has 0 saturated heterocycles. The van der Waals surface area contributed by atoms with Crippen molar-refractivity contribution >= 4 is 0 Å². The highest BCUT2D eigenvalue weighted by Gasteiger charge is 2.41. The zero-order valence-corrected chi connectivity index (χ0v) is 7.15. The van der Waals surface area contributed by atoms with Crippen LogP contribution in [0.25, 0.3) is 0 Å². The third-order valence-corrected chi connectivity index (χ3v) is 3.21. The van der Waals surface area contributed by atoms with E-state index < -0.39 is 6.17 Å². The van der Waals surface area contributed by atoms with Gasteiger partial charge in [-0.3, -0.25) is 0 Å². The topological polar surface area (TPSA) is 0 Å². The van der Waals surface area contributed by atoms with Gasteiger partial charge in [0, 0.05) is 5.41 Å². The number of hydrogen-bond donors (Lipinski definition) is 0. The largest absolute Gasteiger partial charge is 0.247 e. The fraction of sp³-hybridized carbons (Fsp3) is 1.00. The number of halogens is 1. The summed E-state index contributed by atoms with van der Waals surface area (Å²) in [5, 5.41) is 0. The SMILES string of the molecule is CC(C)C1(C)CCCC1F. The molecular weight excluding hydrogens is 127 g/mol. The van der Waals surface area contributed by atoms with Crippen molar-refractivity contribution in [3.05, 3.63) is 0 Å². The van der Waals surface area contributed by atoms with E-state index in [1.54, 1.807) is 0 Å². The van der Waals surface area contributed by atoms with Gasteiger partial charge in [-0.2, -0.15) is 0 Å². The molecule has 0 aliphatic heterocycles. The predicted molar refractivity (Wildman–Crippen MR) is 41.7 cm³/mol. The lowest BCUT2D eigenvalue weighted by Gasteiger charge is -2.30. The average molecular weight is 144 g/mol. The van der Waals surface area contributed by atoms with Gasteiger partial charge in [-0.1, -0.05) is 20.8 Å². The van der Waals surface area contributed by atoms with Crippen LogP contribution in [0.2, 0.25) is 0 Å². The number of rotatable bonds is 1. The second-order valence-electron chi connectivity index (χ2n) is 4.02. The summed E-state index contributed by atoms with van der Waals surface area (Å²) in [5.41, 5.74) is -0.0139. The van der Waals surface area contributed by atoms with E-state index in [9.17, 15) is 4.39 Å². The molecule has 0 radical (unpaired) electrons. The van der Waals surface area contributed by atoms with Gasteiger partial charge in [-0.15, -0.1) is 0 Å². The van der Waals surface area contributed by atoms with E-state index in [0.29, 0.717) is 5.92 Å². The molecule has 0 spiro atoms. The molecule has 1 saturated carbocycles. The molecule has 1 fully saturated rings. The first-order valence-electron chi connectivity index (χ1n) is 4.21. The maximum absolute atomic E-state index is 13.2. The van der Waals surface area contributed by atoms with Crippen molar-refractivity contribution in [3.8, 4) is 0 Å². The molecule has 0 nitrogen and oxygen atoms in total. The molecule has 0 aromatic heterocycles. The third kappa shape index (κ3) is 1.06. The van der Waals surface area contributed by atoms with Gasteiger partial charge in [0.2, 0.25) is 0 Å². The highest BCUT2D eigenvalue weighted by Crippen LogP contribution is 2.45. The Bertz CT molecular complexity index is 120. The first-order chi connectivity index (χ1) is 4.57. The molecule has 60 valence electrons. The van der Waals surface area contributed by atoms with Gasteiger partial charge in [-0.25, -0.2) is 4.39 Å². The van der Waals surface area contributed by atoms with Crippen molar-refractivity contribution in [1.29, 1.82) is 0 Å². The Morgan fingerprint density at radius 3 is 2.30 bits per heavy atom. The smallest absolute Gasteiger partial charge is 0.106 e. The summed E-state index contributed by atoms with van der Waals surface area (Å²) < 4.78 is 13.2. The minimum Gasteiger partial charge on any atom is -0.247 e. The molecule has 1 rings (SSSR count). The molecule has 0 amide bonds. The molecule has 0 aromatic rings. The quantitative estimate of drug-likeness (QED) is 0.530. The van der Waals surface area contributed by atoms with Gasteiger partial charge < -0.3 is 0 Å². The Morgan fingerprint density at radius 1 is 1.50 bits per heavy atom. The van der Waals surface area contributed by atoms with Crippen molar-refractivity contribution in [3.63, 3.8) is 0 Å². The maximum Gasteiger partial charge on any atom is 0.106 e. The summed E-state index contributed by atoms with van der Waals surface area (Å²) in [6.45, 7) is 6.32. The Hall–Kier alpha value is -0.0700. The summed E-state index contributed by atoms with van der Waals surface area (Å²) in [6.07, 6.45) is 2.39. The van der Waals surface area contributed by atoms with Crippen molar-refractivity contribution in [2.75, 3.05) is 0 Å². The van der Waals surface area contributed by atoms with Crippen LogP contribution in [0.15, 0.2) is 0 Å². The molecule has 1 aliphatic carbocycles.